The average molecular weight is 153 g/mol. The number of rotatable bonds is 1. The van der Waals surface area contributed by atoms with Crippen LogP contribution in [0.4, 0.5) is 0 Å². The van der Waals surface area contributed by atoms with Crippen molar-refractivity contribution in [1.82, 2.24) is 5.32 Å². The van der Waals surface area contributed by atoms with Gasteiger partial charge < -0.3 is 16.8 Å². The Morgan fingerprint density at radius 3 is 2.91 bits per heavy atom. The molecule has 3 nitrogen and oxygen atoms in total. The second-order valence-electron chi connectivity index (χ2n) is 2.68. The van der Waals surface area contributed by atoms with E-state index in [4.69, 9.17) is 11.5 Å². The molecule has 11 heavy (non-hydrogen) atoms. The van der Waals surface area contributed by atoms with E-state index in [1.54, 1.807) is 0 Å². The first-order valence-corrected chi connectivity index (χ1v) is 3.95. The molecule has 0 aromatic rings. The standard InChI is InChI=1S/C8H15N3/c9-5-4-8-7(10)3-1-2-6-11-8/h4-5,11H,1-3,6,9-10H2/b5-4-. The van der Waals surface area contributed by atoms with E-state index in [9.17, 15) is 0 Å². The van der Waals surface area contributed by atoms with Gasteiger partial charge in [0.2, 0.25) is 0 Å². The van der Waals surface area contributed by atoms with E-state index < -0.39 is 0 Å². The van der Waals surface area contributed by atoms with Crippen LogP contribution in [-0.4, -0.2) is 6.54 Å². The normalized spacial score (nSPS) is 20.0. The van der Waals surface area contributed by atoms with Crippen molar-refractivity contribution in [3.05, 3.63) is 23.7 Å². The van der Waals surface area contributed by atoms with Gasteiger partial charge in [0.25, 0.3) is 0 Å². The number of allylic oxidation sites excluding steroid dienone is 2. The number of hydrogen-bond donors (Lipinski definition) is 3. The molecule has 0 saturated carbocycles. The third-order valence-corrected chi connectivity index (χ3v) is 1.80. The molecular formula is C8H15N3. The van der Waals surface area contributed by atoms with Crippen LogP contribution < -0.4 is 16.8 Å². The minimum Gasteiger partial charge on any atom is -0.405 e. The van der Waals surface area contributed by atoms with Gasteiger partial charge in [-0.2, -0.15) is 0 Å². The molecule has 0 saturated heterocycles. The highest BCUT2D eigenvalue weighted by molar-refractivity contribution is 5.22. The van der Waals surface area contributed by atoms with Gasteiger partial charge in [-0.05, 0) is 31.5 Å². The molecule has 1 aliphatic rings. The van der Waals surface area contributed by atoms with Crippen LogP contribution in [0.1, 0.15) is 19.3 Å². The maximum atomic E-state index is 5.78. The molecular weight excluding hydrogens is 138 g/mol. The summed E-state index contributed by atoms with van der Waals surface area (Å²) in [6.45, 7) is 1.00. The average Bonchev–Trinajstić information content (AvgIpc) is 2.18. The lowest BCUT2D eigenvalue weighted by molar-refractivity contribution is 0.718. The Labute approximate surface area is 67.1 Å². The second-order valence-corrected chi connectivity index (χ2v) is 2.68. The molecule has 0 atom stereocenters. The van der Waals surface area contributed by atoms with E-state index in [0.717, 1.165) is 24.4 Å². The molecule has 1 aliphatic heterocycles. The topological polar surface area (TPSA) is 64.1 Å². The molecule has 0 aliphatic carbocycles. The fraction of sp³-hybridized carbons (Fsp3) is 0.500. The van der Waals surface area contributed by atoms with E-state index >= 15 is 0 Å². The molecule has 1 heterocycles. The summed E-state index contributed by atoms with van der Waals surface area (Å²) in [7, 11) is 0. The van der Waals surface area contributed by atoms with Crippen molar-refractivity contribution in [2.45, 2.75) is 19.3 Å². The zero-order valence-electron chi connectivity index (χ0n) is 6.64. The lowest BCUT2D eigenvalue weighted by Crippen LogP contribution is -2.15. The zero-order chi connectivity index (χ0) is 8.10. The second kappa shape index (κ2) is 3.91. The Kier molecular flexibility index (Phi) is 2.83. The predicted octanol–water partition coefficient (Wildman–Crippen LogP) is 0.403. The Hall–Kier alpha value is -1.12. The van der Waals surface area contributed by atoms with E-state index in [2.05, 4.69) is 5.32 Å². The fourth-order valence-corrected chi connectivity index (χ4v) is 1.17. The third kappa shape index (κ3) is 2.18. The largest absolute Gasteiger partial charge is 0.405 e. The van der Waals surface area contributed by atoms with Gasteiger partial charge in [-0.3, -0.25) is 0 Å². The molecule has 0 bridgehead atoms. The summed E-state index contributed by atoms with van der Waals surface area (Å²) in [4.78, 5) is 0. The van der Waals surface area contributed by atoms with Crippen molar-refractivity contribution in [3.63, 3.8) is 0 Å². The van der Waals surface area contributed by atoms with Crippen molar-refractivity contribution in [3.8, 4) is 0 Å². The molecule has 0 radical (unpaired) electrons. The summed E-state index contributed by atoms with van der Waals surface area (Å²) < 4.78 is 0. The van der Waals surface area contributed by atoms with Gasteiger partial charge in [0, 0.05) is 12.2 Å². The maximum absolute atomic E-state index is 5.78. The van der Waals surface area contributed by atoms with Gasteiger partial charge in [-0.15, -0.1) is 0 Å². The molecule has 0 fully saturated rings. The van der Waals surface area contributed by atoms with Gasteiger partial charge in [-0.1, -0.05) is 0 Å². The van der Waals surface area contributed by atoms with E-state index in [1.165, 1.54) is 19.0 Å². The van der Waals surface area contributed by atoms with E-state index in [0.29, 0.717) is 0 Å². The maximum Gasteiger partial charge on any atom is 0.0545 e. The highest BCUT2D eigenvalue weighted by Gasteiger charge is 2.03. The molecule has 3 heteroatoms. The van der Waals surface area contributed by atoms with Crippen LogP contribution in [0.15, 0.2) is 23.7 Å². The first kappa shape index (κ1) is 7.98. The van der Waals surface area contributed by atoms with Crippen LogP contribution in [0, 0.1) is 0 Å². The minimum atomic E-state index is 0.921. The summed E-state index contributed by atoms with van der Waals surface area (Å²) in [6, 6.07) is 0. The smallest absolute Gasteiger partial charge is 0.0545 e. The van der Waals surface area contributed by atoms with Crippen molar-refractivity contribution >= 4 is 0 Å². The number of hydrogen-bond acceptors (Lipinski definition) is 3. The zero-order valence-corrected chi connectivity index (χ0v) is 6.64. The summed E-state index contributed by atoms with van der Waals surface area (Å²) in [6.07, 6.45) is 6.66. The van der Waals surface area contributed by atoms with Crippen LogP contribution in [0.2, 0.25) is 0 Å². The van der Waals surface area contributed by atoms with Crippen molar-refractivity contribution in [1.29, 1.82) is 0 Å². The fourth-order valence-electron chi connectivity index (χ4n) is 1.17. The minimum absolute atomic E-state index is 0.921. The van der Waals surface area contributed by atoms with Crippen molar-refractivity contribution in [2.75, 3.05) is 6.54 Å². The first-order valence-electron chi connectivity index (χ1n) is 3.95. The highest BCUT2D eigenvalue weighted by Crippen LogP contribution is 2.10. The van der Waals surface area contributed by atoms with Crippen molar-refractivity contribution < 1.29 is 0 Å². The molecule has 1 rings (SSSR count). The third-order valence-electron chi connectivity index (χ3n) is 1.80. The Bertz CT molecular complexity index is 182. The summed E-state index contributed by atoms with van der Waals surface area (Å²) in [5, 5.41) is 3.22. The van der Waals surface area contributed by atoms with Gasteiger partial charge >= 0.3 is 0 Å². The quantitative estimate of drug-likeness (QED) is 0.511. The van der Waals surface area contributed by atoms with Crippen LogP contribution in [-0.2, 0) is 0 Å². The SMILES string of the molecule is N/C=C\C1=C(N)CCCCN1. The van der Waals surface area contributed by atoms with Crippen molar-refractivity contribution in [2.24, 2.45) is 11.5 Å². The number of nitrogens with two attached hydrogens (primary N) is 2. The first-order chi connectivity index (χ1) is 5.34. The summed E-state index contributed by atoms with van der Waals surface area (Å²) >= 11 is 0. The molecule has 62 valence electrons. The molecule has 0 unspecified atom stereocenters. The van der Waals surface area contributed by atoms with Crippen LogP contribution >= 0.6 is 0 Å². The molecule has 0 spiro atoms. The number of nitrogens with one attached hydrogen (secondary N) is 1. The summed E-state index contributed by atoms with van der Waals surface area (Å²) in [5.41, 5.74) is 12.9. The van der Waals surface area contributed by atoms with Crippen LogP contribution in [0.25, 0.3) is 0 Å². The monoisotopic (exact) mass is 153 g/mol. The lowest BCUT2D eigenvalue weighted by atomic mass is 10.2. The molecule has 0 aromatic carbocycles. The predicted molar refractivity (Wildman–Crippen MR) is 46.4 cm³/mol. The Balaban J connectivity index is 2.67. The molecule has 5 N–H and O–H groups in total. The van der Waals surface area contributed by atoms with Gasteiger partial charge in [0.15, 0.2) is 0 Å². The van der Waals surface area contributed by atoms with Gasteiger partial charge in [-0.25, -0.2) is 0 Å². The molecule has 0 amide bonds. The lowest BCUT2D eigenvalue weighted by Gasteiger charge is -2.04. The van der Waals surface area contributed by atoms with Gasteiger partial charge in [0.05, 0.1) is 5.70 Å². The van der Waals surface area contributed by atoms with Crippen LogP contribution in [0.3, 0.4) is 0 Å². The Morgan fingerprint density at radius 2 is 2.18 bits per heavy atom. The summed E-state index contributed by atoms with van der Waals surface area (Å²) in [5.74, 6) is 0. The Morgan fingerprint density at radius 1 is 1.36 bits per heavy atom. The molecule has 0 aromatic heterocycles. The van der Waals surface area contributed by atoms with E-state index in [-0.39, 0.29) is 0 Å². The van der Waals surface area contributed by atoms with Crippen LogP contribution in [0.5, 0.6) is 0 Å². The van der Waals surface area contributed by atoms with Gasteiger partial charge in [0.1, 0.15) is 0 Å². The highest BCUT2D eigenvalue weighted by atomic mass is 14.9. The van der Waals surface area contributed by atoms with E-state index in [1.807, 2.05) is 6.08 Å².